The first kappa shape index (κ1) is 8.93. The Balaban J connectivity index is 2.53. The van der Waals surface area contributed by atoms with Gasteiger partial charge in [-0.1, -0.05) is 6.92 Å². The molecule has 0 aromatic rings. The van der Waals surface area contributed by atoms with Gasteiger partial charge in [0.2, 0.25) is 0 Å². The summed E-state index contributed by atoms with van der Waals surface area (Å²) in [6.07, 6.45) is -2.02. The van der Waals surface area contributed by atoms with Crippen molar-refractivity contribution >= 4 is 0 Å². The summed E-state index contributed by atoms with van der Waals surface area (Å²) >= 11 is 0. The van der Waals surface area contributed by atoms with Crippen LogP contribution in [0.15, 0.2) is 0 Å². The quantitative estimate of drug-likeness (QED) is 0.574. The summed E-state index contributed by atoms with van der Waals surface area (Å²) in [7, 11) is 1.44. The molecule has 1 saturated heterocycles. The average Bonchev–Trinajstić information content (AvgIpc) is 2.30. The average molecular weight is 162 g/mol. The normalized spacial score (nSPS) is 44.7. The van der Waals surface area contributed by atoms with Gasteiger partial charge in [-0.2, -0.15) is 0 Å². The summed E-state index contributed by atoms with van der Waals surface area (Å²) in [5.74, 6) is 0. The van der Waals surface area contributed by atoms with Crippen molar-refractivity contribution in [2.24, 2.45) is 0 Å². The van der Waals surface area contributed by atoms with Crippen molar-refractivity contribution in [2.45, 2.75) is 37.9 Å². The lowest BCUT2D eigenvalue weighted by molar-refractivity contribution is -0.148. The summed E-state index contributed by atoms with van der Waals surface area (Å²) in [6, 6.07) is 0. The third-order valence-electron chi connectivity index (χ3n) is 1.95. The van der Waals surface area contributed by atoms with Gasteiger partial charge >= 0.3 is 0 Å². The van der Waals surface area contributed by atoms with Crippen LogP contribution in [0.3, 0.4) is 0 Å². The van der Waals surface area contributed by atoms with Gasteiger partial charge in [-0.3, -0.25) is 0 Å². The molecule has 1 rings (SSSR count). The van der Waals surface area contributed by atoms with E-state index in [0.717, 1.165) is 0 Å². The Morgan fingerprint density at radius 3 is 2.27 bits per heavy atom. The number of hydrogen-bond acceptors (Lipinski definition) is 4. The van der Waals surface area contributed by atoms with E-state index in [1.807, 2.05) is 6.92 Å². The Morgan fingerprint density at radius 1 is 1.36 bits per heavy atom. The second-order valence-electron chi connectivity index (χ2n) is 2.67. The van der Waals surface area contributed by atoms with Crippen LogP contribution >= 0.6 is 0 Å². The molecule has 66 valence electrons. The van der Waals surface area contributed by atoms with E-state index in [0.29, 0.717) is 6.42 Å². The number of aliphatic hydroxyl groups excluding tert-OH is 2. The lowest BCUT2D eigenvalue weighted by atomic mass is 10.1. The molecule has 0 aromatic heterocycles. The van der Waals surface area contributed by atoms with Crippen LogP contribution in [0, 0.1) is 0 Å². The van der Waals surface area contributed by atoms with E-state index in [-0.39, 0.29) is 6.10 Å². The Kier molecular flexibility index (Phi) is 2.84. The van der Waals surface area contributed by atoms with E-state index in [2.05, 4.69) is 0 Å². The molecule has 1 heterocycles. The van der Waals surface area contributed by atoms with Crippen molar-refractivity contribution in [2.75, 3.05) is 7.11 Å². The molecule has 4 heteroatoms. The third kappa shape index (κ3) is 1.54. The van der Waals surface area contributed by atoms with Gasteiger partial charge in [-0.25, -0.2) is 0 Å². The molecule has 0 spiro atoms. The van der Waals surface area contributed by atoms with Gasteiger partial charge in [-0.15, -0.1) is 0 Å². The fourth-order valence-electron chi connectivity index (χ4n) is 1.25. The molecule has 1 fully saturated rings. The minimum Gasteiger partial charge on any atom is -0.387 e. The molecule has 2 N–H and O–H groups in total. The third-order valence-corrected chi connectivity index (χ3v) is 1.95. The SMILES string of the molecule is CC[C@H]1O[C@@H](OC)C(O)[C@H]1O. The first-order valence-corrected chi connectivity index (χ1v) is 3.75. The minimum atomic E-state index is -0.912. The van der Waals surface area contributed by atoms with Gasteiger partial charge in [0.1, 0.15) is 12.2 Å². The van der Waals surface area contributed by atoms with E-state index in [9.17, 15) is 10.2 Å². The van der Waals surface area contributed by atoms with Crippen LogP contribution in [-0.2, 0) is 9.47 Å². The fourth-order valence-corrected chi connectivity index (χ4v) is 1.25. The van der Waals surface area contributed by atoms with Gasteiger partial charge < -0.3 is 19.7 Å². The van der Waals surface area contributed by atoms with Gasteiger partial charge in [0.05, 0.1) is 6.10 Å². The lowest BCUT2D eigenvalue weighted by Crippen LogP contribution is -2.32. The van der Waals surface area contributed by atoms with Crippen LogP contribution in [0.25, 0.3) is 0 Å². The summed E-state index contributed by atoms with van der Waals surface area (Å²) in [4.78, 5) is 0. The van der Waals surface area contributed by atoms with E-state index < -0.39 is 18.5 Å². The second-order valence-corrected chi connectivity index (χ2v) is 2.67. The molecule has 0 aromatic carbocycles. The second kappa shape index (κ2) is 3.49. The van der Waals surface area contributed by atoms with Gasteiger partial charge in [0.15, 0.2) is 6.29 Å². The fraction of sp³-hybridized carbons (Fsp3) is 1.00. The Morgan fingerprint density at radius 2 is 2.00 bits per heavy atom. The predicted octanol–water partition coefficient (Wildman–Crippen LogP) is -0.510. The van der Waals surface area contributed by atoms with Crippen LogP contribution in [0.1, 0.15) is 13.3 Å². The first-order chi connectivity index (χ1) is 5.20. The highest BCUT2D eigenvalue weighted by molar-refractivity contribution is 4.85. The summed E-state index contributed by atoms with van der Waals surface area (Å²) in [5.41, 5.74) is 0. The van der Waals surface area contributed by atoms with Crippen LogP contribution in [0.2, 0.25) is 0 Å². The Labute approximate surface area is 65.7 Å². The molecule has 1 unspecified atom stereocenters. The topological polar surface area (TPSA) is 58.9 Å². The maximum atomic E-state index is 9.30. The maximum absolute atomic E-state index is 9.30. The molecule has 0 amide bonds. The highest BCUT2D eigenvalue weighted by Crippen LogP contribution is 2.23. The van der Waals surface area contributed by atoms with Crippen molar-refractivity contribution in [3.05, 3.63) is 0 Å². The first-order valence-electron chi connectivity index (χ1n) is 3.75. The van der Waals surface area contributed by atoms with E-state index in [1.54, 1.807) is 0 Å². The zero-order valence-electron chi connectivity index (χ0n) is 6.73. The van der Waals surface area contributed by atoms with E-state index in [4.69, 9.17) is 9.47 Å². The van der Waals surface area contributed by atoms with Crippen LogP contribution in [0.4, 0.5) is 0 Å². The monoisotopic (exact) mass is 162 g/mol. The molecule has 0 bridgehead atoms. The van der Waals surface area contributed by atoms with E-state index >= 15 is 0 Å². The molecular formula is C7H14O4. The molecule has 11 heavy (non-hydrogen) atoms. The lowest BCUT2D eigenvalue weighted by Gasteiger charge is -2.11. The predicted molar refractivity (Wildman–Crippen MR) is 38.0 cm³/mol. The van der Waals surface area contributed by atoms with Crippen LogP contribution < -0.4 is 0 Å². The maximum Gasteiger partial charge on any atom is 0.186 e. The molecule has 0 radical (unpaired) electrons. The summed E-state index contributed by atoms with van der Waals surface area (Å²) < 4.78 is 9.96. The van der Waals surface area contributed by atoms with Crippen molar-refractivity contribution in [1.29, 1.82) is 0 Å². The van der Waals surface area contributed by atoms with E-state index in [1.165, 1.54) is 7.11 Å². The van der Waals surface area contributed by atoms with Gasteiger partial charge in [0.25, 0.3) is 0 Å². The molecule has 4 nitrogen and oxygen atoms in total. The molecule has 1 aliphatic heterocycles. The Bertz CT molecular complexity index is 110. The molecule has 0 saturated carbocycles. The van der Waals surface area contributed by atoms with Gasteiger partial charge in [0, 0.05) is 7.11 Å². The van der Waals surface area contributed by atoms with Crippen LogP contribution in [0.5, 0.6) is 0 Å². The van der Waals surface area contributed by atoms with Crippen LogP contribution in [-0.4, -0.2) is 41.9 Å². The number of aliphatic hydroxyl groups is 2. The van der Waals surface area contributed by atoms with Crippen molar-refractivity contribution in [3.63, 3.8) is 0 Å². The number of methoxy groups -OCH3 is 1. The smallest absolute Gasteiger partial charge is 0.186 e. The largest absolute Gasteiger partial charge is 0.387 e. The summed E-state index contributed by atoms with van der Waals surface area (Å²) in [6.45, 7) is 1.89. The number of rotatable bonds is 2. The molecular weight excluding hydrogens is 148 g/mol. The molecule has 0 aliphatic carbocycles. The highest BCUT2D eigenvalue weighted by atomic mass is 16.7. The summed E-state index contributed by atoms with van der Waals surface area (Å²) in [5, 5.41) is 18.6. The number of hydrogen-bond donors (Lipinski definition) is 2. The van der Waals surface area contributed by atoms with Crippen molar-refractivity contribution < 1.29 is 19.7 Å². The minimum absolute atomic E-state index is 0.296. The number of ether oxygens (including phenoxy) is 2. The molecule has 1 aliphatic rings. The van der Waals surface area contributed by atoms with Crippen molar-refractivity contribution in [1.82, 2.24) is 0 Å². The van der Waals surface area contributed by atoms with Gasteiger partial charge in [-0.05, 0) is 6.42 Å². The molecule has 4 atom stereocenters. The zero-order valence-corrected chi connectivity index (χ0v) is 6.73. The highest BCUT2D eigenvalue weighted by Gasteiger charge is 2.41. The Hall–Kier alpha value is -0.160. The standard InChI is InChI=1S/C7H14O4/c1-3-4-5(8)6(9)7(10-2)11-4/h4-9H,3H2,1-2H3/t4-,5+,6?,7-/m1/s1. The van der Waals surface area contributed by atoms with Crippen molar-refractivity contribution in [3.8, 4) is 0 Å². The zero-order chi connectivity index (χ0) is 8.43.